The summed E-state index contributed by atoms with van der Waals surface area (Å²) in [4.78, 5) is 5.36. The highest BCUT2D eigenvalue weighted by Crippen LogP contribution is 2.29. The molecule has 0 aromatic rings. The van der Waals surface area contributed by atoms with E-state index in [0.29, 0.717) is 17.7 Å². The second kappa shape index (κ2) is 8.82. The first-order chi connectivity index (χ1) is 10.9. The van der Waals surface area contributed by atoms with Gasteiger partial charge in [0.15, 0.2) is 0 Å². The lowest BCUT2D eigenvalue weighted by Gasteiger charge is -2.49. The first kappa shape index (κ1) is 19.2. The van der Waals surface area contributed by atoms with Crippen molar-refractivity contribution in [2.75, 3.05) is 33.3 Å². The van der Waals surface area contributed by atoms with Crippen LogP contribution < -0.4 is 0 Å². The Kier molecular flexibility index (Phi) is 7.37. The van der Waals surface area contributed by atoms with Crippen LogP contribution in [-0.2, 0) is 4.74 Å². The molecule has 0 amide bonds. The van der Waals surface area contributed by atoms with Crippen molar-refractivity contribution in [3.8, 4) is 0 Å². The normalized spacial score (nSPS) is 30.0. The molecule has 0 aromatic heterocycles. The number of hydrogen-bond acceptors (Lipinski definition) is 3. The van der Waals surface area contributed by atoms with E-state index in [-0.39, 0.29) is 0 Å². The molecule has 0 N–H and O–H groups in total. The van der Waals surface area contributed by atoms with Crippen LogP contribution in [0.15, 0.2) is 0 Å². The number of hydrogen-bond donors (Lipinski definition) is 0. The number of rotatable bonds is 7. The van der Waals surface area contributed by atoms with Gasteiger partial charge in [-0.05, 0) is 72.3 Å². The third kappa shape index (κ3) is 5.72. The highest BCUT2D eigenvalue weighted by atomic mass is 16.5. The fourth-order valence-electron chi connectivity index (χ4n) is 4.84. The molecule has 1 saturated carbocycles. The maximum atomic E-state index is 5.48. The Hall–Kier alpha value is -0.120. The fraction of sp³-hybridized carbons (Fsp3) is 1.00. The van der Waals surface area contributed by atoms with E-state index in [2.05, 4.69) is 37.5 Å². The SMILES string of the molecule is COC1CCC(CCCCN2CCN(C(C)C)C(C)(C)C2)CC1. The summed E-state index contributed by atoms with van der Waals surface area (Å²) in [6.07, 6.45) is 10.1. The van der Waals surface area contributed by atoms with Gasteiger partial charge in [-0.3, -0.25) is 4.90 Å². The van der Waals surface area contributed by atoms with Crippen molar-refractivity contribution in [1.29, 1.82) is 0 Å². The molecule has 2 rings (SSSR count). The van der Waals surface area contributed by atoms with Crippen molar-refractivity contribution >= 4 is 0 Å². The van der Waals surface area contributed by atoms with Crippen LogP contribution in [0.2, 0.25) is 0 Å². The van der Waals surface area contributed by atoms with Crippen LogP contribution in [0.4, 0.5) is 0 Å². The average molecular weight is 325 g/mol. The predicted octanol–water partition coefficient (Wildman–Crippen LogP) is 4.17. The van der Waals surface area contributed by atoms with Gasteiger partial charge in [0, 0.05) is 38.3 Å². The standard InChI is InChI=1S/C20H40N2O/c1-17(2)22-15-14-21(16-20(22,3)4)13-7-6-8-18-9-11-19(23-5)12-10-18/h17-19H,6-16H2,1-5H3. The molecule has 3 nitrogen and oxygen atoms in total. The monoisotopic (exact) mass is 324 g/mol. The van der Waals surface area contributed by atoms with Crippen LogP contribution in [0, 0.1) is 5.92 Å². The van der Waals surface area contributed by atoms with Crippen molar-refractivity contribution in [1.82, 2.24) is 9.80 Å². The molecular weight excluding hydrogens is 284 g/mol. The topological polar surface area (TPSA) is 15.7 Å². The first-order valence-electron chi connectivity index (χ1n) is 9.94. The van der Waals surface area contributed by atoms with E-state index in [1.165, 1.54) is 71.1 Å². The molecule has 2 aliphatic rings. The average Bonchev–Trinajstić information content (AvgIpc) is 2.51. The summed E-state index contributed by atoms with van der Waals surface area (Å²) in [5.74, 6) is 0.968. The third-order valence-electron chi connectivity index (χ3n) is 6.13. The summed E-state index contributed by atoms with van der Waals surface area (Å²) in [5.41, 5.74) is 0.324. The zero-order valence-electron chi connectivity index (χ0n) is 16.3. The maximum absolute atomic E-state index is 5.48. The zero-order valence-corrected chi connectivity index (χ0v) is 16.3. The molecule has 1 saturated heterocycles. The minimum atomic E-state index is 0.324. The zero-order chi connectivity index (χ0) is 16.9. The van der Waals surface area contributed by atoms with Gasteiger partial charge in [0.2, 0.25) is 0 Å². The van der Waals surface area contributed by atoms with E-state index in [1.807, 2.05) is 7.11 Å². The number of nitrogens with zero attached hydrogens (tertiary/aromatic N) is 2. The Morgan fingerprint density at radius 3 is 2.30 bits per heavy atom. The van der Waals surface area contributed by atoms with Crippen molar-refractivity contribution < 1.29 is 4.74 Å². The van der Waals surface area contributed by atoms with Crippen molar-refractivity contribution in [3.63, 3.8) is 0 Å². The lowest BCUT2D eigenvalue weighted by atomic mass is 9.84. The Morgan fingerprint density at radius 2 is 1.74 bits per heavy atom. The molecule has 0 spiro atoms. The fourth-order valence-corrected chi connectivity index (χ4v) is 4.84. The Bertz CT molecular complexity index is 335. The molecule has 0 unspecified atom stereocenters. The van der Waals surface area contributed by atoms with Gasteiger partial charge in [0.05, 0.1) is 6.10 Å². The molecular formula is C20H40N2O. The second-order valence-corrected chi connectivity index (χ2v) is 8.75. The maximum Gasteiger partial charge on any atom is 0.0571 e. The minimum absolute atomic E-state index is 0.324. The number of ether oxygens (including phenoxy) is 1. The second-order valence-electron chi connectivity index (χ2n) is 8.75. The van der Waals surface area contributed by atoms with Gasteiger partial charge in [-0.25, -0.2) is 0 Å². The van der Waals surface area contributed by atoms with Gasteiger partial charge in [0.1, 0.15) is 0 Å². The molecule has 1 aliphatic carbocycles. The van der Waals surface area contributed by atoms with Crippen molar-refractivity contribution in [3.05, 3.63) is 0 Å². The summed E-state index contributed by atoms with van der Waals surface area (Å²) >= 11 is 0. The quantitative estimate of drug-likeness (QED) is 0.654. The predicted molar refractivity (Wildman–Crippen MR) is 99.0 cm³/mol. The summed E-state index contributed by atoms with van der Waals surface area (Å²) < 4.78 is 5.48. The Labute approximate surface area is 144 Å². The van der Waals surface area contributed by atoms with Crippen LogP contribution >= 0.6 is 0 Å². The Morgan fingerprint density at radius 1 is 1.04 bits per heavy atom. The summed E-state index contributed by atoms with van der Waals surface area (Å²) in [7, 11) is 1.87. The van der Waals surface area contributed by atoms with Crippen LogP contribution in [0.5, 0.6) is 0 Å². The van der Waals surface area contributed by atoms with Crippen LogP contribution in [0.3, 0.4) is 0 Å². The molecule has 2 fully saturated rings. The lowest BCUT2D eigenvalue weighted by Crippen LogP contribution is -2.61. The molecule has 23 heavy (non-hydrogen) atoms. The molecule has 0 radical (unpaired) electrons. The molecule has 1 heterocycles. The summed E-state index contributed by atoms with van der Waals surface area (Å²) in [6.45, 7) is 14.5. The highest BCUT2D eigenvalue weighted by Gasteiger charge is 2.34. The minimum Gasteiger partial charge on any atom is -0.381 e. The van der Waals surface area contributed by atoms with Crippen molar-refractivity contribution in [2.45, 2.75) is 90.3 Å². The van der Waals surface area contributed by atoms with Crippen molar-refractivity contribution in [2.24, 2.45) is 5.92 Å². The molecule has 0 atom stereocenters. The van der Waals surface area contributed by atoms with Crippen LogP contribution in [-0.4, -0.2) is 60.8 Å². The van der Waals surface area contributed by atoms with Gasteiger partial charge in [-0.1, -0.05) is 12.8 Å². The third-order valence-corrected chi connectivity index (χ3v) is 6.13. The summed E-state index contributed by atoms with van der Waals surface area (Å²) in [5, 5.41) is 0. The van der Waals surface area contributed by atoms with Gasteiger partial charge < -0.3 is 9.64 Å². The van der Waals surface area contributed by atoms with Crippen LogP contribution in [0.1, 0.15) is 72.6 Å². The molecule has 136 valence electrons. The molecule has 0 bridgehead atoms. The highest BCUT2D eigenvalue weighted by molar-refractivity contribution is 4.91. The van der Waals surface area contributed by atoms with Gasteiger partial charge >= 0.3 is 0 Å². The van der Waals surface area contributed by atoms with E-state index in [9.17, 15) is 0 Å². The van der Waals surface area contributed by atoms with E-state index in [0.717, 1.165) is 5.92 Å². The number of unbranched alkanes of at least 4 members (excludes halogenated alkanes) is 1. The lowest BCUT2D eigenvalue weighted by molar-refractivity contribution is -0.00211. The van der Waals surface area contributed by atoms with Gasteiger partial charge in [-0.2, -0.15) is 0 Å². The van der Waals surface area contributed by atoms with E-state index in [1.54, 1.807) is 0 Å². The van der Waals surface area contributed by atoms with E-state index < -0.39 is 0 Å². The number of piperazine rings is 1. The smallest absolute Gasteiger partial charge is 0.0571 e. The van der Waals surface area contributed by atoms with Gasteiger partial charge in [-0.15, -0.1) is 0 Å². The summed E-state index contributed by atoms with van der Waals surface area (Å²) in [6, 6.07) is 0.661. The van der Waals surface area contributed by atoms with Gasteiger partial charge in [0.25, 0.3) is 0 Å². The molecule has 1 aliphatic heterocycles. The van der Waals surface area contributed by atoms with Crippen LogP contribution in [0.25, 0.3) is 0 Å². The Balaban J connectivity index is 1.60. The number of methoxy groups -OCH3 is 1. The van der Waals surface area contributed by atoms with E-state index in [4.69, 9.17) is 4.74 Å². The molecule has 0 aromatic carbocycles. The van der Waals surface area contributed by atoms with E-state index >= 15 is 0 Å². The molecule has 3 heteroatoms. The first-order valence-corrected chi connectivity index (χ1v) is 9.94. The largest absolute Gasteiger partial charge is 0.381 e.